The van der Waals surface area contributed by atoms with Crippen LogP contribution < -0.4 is 14.4 Å². The number of nitrogens with zero attached hydrogens (tertiary/aromatic N) is 2. The Morgan fingerprint density at radius 3 is 2.43 bits per heavy atom. The Kier molecular flexibility index (Phi) is 6.86. The molecule has 9 heteroatoms. The van der Waals surface area contributed by atoms with E-state index in [4.69, 9.17) is 21.1 Å². The van der Waals surface area contributed by atoms with Crippen molar-refractivity contribution in [2.45, 2.75) is 19.4 Å². The van der Waals surface area contributed by atoms with E-state index in [1.807, 2.05) is 13.0 Å². The van der Waals surface area contributed by atoms with E-state index < -0.39 is 17.7 Å². The summed E-state index contributed by atoms with van der Waals surface area (Å²) in [5, 5.41) is 12.2. The van der Waals surface area contributed by atoms with Crippen molar-refractivity contribution in [1.29, 1.82) is 0 Å². The highest BCUT2D eigenvalue weighted by Crippen LogP contribution is 2.44. The first-order valence-corrected chi connectivity index (χ1v) is 12.8. The molecular formula is C28H23ClN2O5S. The van der Waals surface area contributed by atoms with Crippen molar-refractivity contribution in [3.05, 3.63) is 88.5 Å². The van der Waals surface area contributed by atoms with Gasteiger partial charge in [-0.15, -0.1) is 0 Å². The largest absolute Gasteiger partial charge is 0.507 e. The van der Waals surface area contributed by atoms with Crippen LogP contribution in [-0.2, 0) is 9.59 Å². The SMILES string of the molecule is CCCOc1ccc(C(O)=C2C(=O)C(=O)N(c3nc4ccc(OC)cc4s3)C2c2ccc(Cl)cc2)cc1. The van der Waals surface area contributed by atoms with Crippen molar-refractivity contribution in [1.82, 2.24) is 4.98 Å². The summed E-state index contributed by atoms with van der Waals surface area (Å²) in [5.41, 5.74) is 1.66. The summed E-state index contributed by atoms with van der Waals surface area (Å²) in [6.45, 7) is 2.58. The second-order valence-electron chi connectivity index (χ2n) is 8.42. The first-order chi connectivity index (χ1) is 17.9. The Hall–Kier alpha value is -3.88. The van der Waals surface area contributed by atoms with Crippen molar-refractivity contribution in [3.8, 4) is 11.5 Å². The number of hydrogen-bond donors (Lipinski definition) is 1. The van der Waals surface area contributed by atoms with Gasteiger partial charge in [0.15, 0.2) is 5.13 Å². The Morgan fingerprint density at radius 2 is 1.76 bits per heavy atom. The highest BCUT2D eigenvalue weighted by molar-refractivity contribution is 7.22. The number of aromatic nitrogens is 1. The third-order valence-corrected chi connectivity index (χ3v) is 7.29. The number of rotatable bonds is 7. The lowest BCUT2D eigenvalue weighted by Gasteiger charge is -2.23. The van der Waals surface area contributed by atoms with Gasteiger partial charge >= 0.3 is 5.91 Å². The van der Waals surface area contributed by atoms with E-state index in [-0.39, 0.29) is 11.3 Å². The molecule has 37 heavy (non-hydrogen) atoms. The number of amides is 1. The van der Waals surface area contributed by atoms with Crippen LogP contribution in [0.5, 0.6) is 11.5 Å². The van der Waals surface area contributed by atoms with Crippen molar-refractivity contribution in [2.24, 2.45) is 0 Å². The van der Waals surface area contributed by atoms with Crippen molar-refractivity contribution < 1.29 is 24.2 Å². The summed E-state index contributed by atoms with van der Waals surface area (Å²) >= 11 is 7.38. The molecule has 1 amide bonds. The highest BCUT2D eigenvalue weighted by Gasteiger charge is 2.48. The summed E-state index contributed by atoms with van der Waals surface area (Å²) in [6.07, 6.45) is 0.866. The number of carbonyl (C=O) groups is 2. The first-order valence-electron chi connectivity index (χ1n) is 11.7. The van der Waals surface area contributed by atoms with Crippen LogP contribution in [0.25, 0.3) is 16.0 Å². The van der Waals surface area contributed by atoms with Crippen LogP contribution in [0.4, 0.5) is 5.13 Å². The van der Waals surface area contributed by atoms with E-state index in [9.17, 15) is 14.7 Å². The minimum Gasteiger partial charge on any atom is -0.507 e. The average molecular weight is 535 g/mol. The van der Waals surface area contributed by atoms with Gasteiger partial charge in [0, 0.05) is 10.6 Å². The lowest BCUT2D eigenvalue weighted by molar-refractivity contribution is -0.132. The van der Waals surface area contributed by atoms with Gasteiger partial charge in [0.1, 0.15) is 17.3 Å². The smallest absolute Gasteiger partial charge is 0.301 e. The molecule has 0 saturated carbocycles. The van der Waals surface area contributed by atoms with Crippen LogP contribution in [-0.4, -0.2) is 35.5 Å². The van der Waals surface area contributed by atoms with Crippen LogP contribution in [0, 0.1) is 0 Å². The number of fused-ring (bicyclic) bond motifs is 1. The Bertz CT molecular complexity index is 1510. The van der Waals surface area contributed by atoms with Crippen LogP contribution in [0.3, 0.4) is 0 Å². The zero-order valence-electron chi connectivity index (χ0n) is 20.1. The number of carbonyl (C=O) groups excluding carboxylic acids is 2. The molecule has 4 aromatic rings. The number of methoxy groups -OCH3 is 1. The number of thiazole rings is 1. The van der Waals surface area contributed by atoms with Crippen LogP contribution in [0.1, 0.15) is 30.5 Å². The number of ether oxygens (including phenoxy) is 2. The molecule has 1 saturated heterocycles. The summed E-state index contributed by atoms with van der Waals surface area (Å²) in [7, 11) is 1.57. The minimum absolute atomic E-state index is 0.0219. The zero-order chi connectivity index (χ0) is 26.1. The van der Waals surface area contributed by atoms with Gasteiger partial charge in [0.05, 0.1) is 35.5 Å². The van der Waals surface area contributed by atoms with E-state index >= 15 is 0 Å². The Labute approximate surface area is 222 Å². The van der Waals surface area contributed by atoms with Gasteiger partial charge in [0.2, 0.25) is 0 Å². The molecule has 7 nitrogen and oxygen atoms in total. The summed E-state index contributed by atoms with van der Waals surface area (Å²) in [6, 6.07) is 18.1. The quantitative estimate of drug-likeness (QED) is 0.168. The second-order valence-corrected chi connectivity index (χ2v) is 9.87. The first kappa shape index (κ1) is 24.8. The predicted octanol–water partition coefficient (Wildman–Crippen LogP) is 6.37. The maximum Gasteiger partial charge on any atom is 0.301 e. The molecule has 1 fully saturated rings. The topological polar surface area (TPSA) is 89.0 Å². The normalized spacial score (nSPS) is 16.9. The number of anilines is 1. The molecule has 5 rings (SSSR count). The molecule has 0 spiro atoms. The molecule has 1 N–H and O–H groups in total. The molecule has 3 aromatic carbocycles. The van der Waals surface area contributed by atoms with Gasteiger partial charge in [-0.1, -0.05) is 42.0 Å². The monoisotopic (exact) mass is 534 g/mol. The van der Waals surface area contributed by atoms with E-state index in [2.05, 4.69) is 4.98 Å². The molecule has 0 bridgehead atoms. The third kappa shape index (κ3) is 4.65. The number of aliphatic hydroxyl groups excluding tert-OH is 1. The minimum atomic E-state index is -0.893. The molecule has 1 aromatic heterocycles. The van der Waals surface area contributed by atoms with Gasteiger partial charge in [-0.2, -0.15) is 0 Å². The number of Topliss-reactive ketones (excluding diaryl/α,β-unsaturated/α-hetero) is 1. The molecule has 1 atom stereocenters. The average Bonchev–Trinajstić information content (AvgIpc) is 3.45. The summed E-state index contributed by atoms with van der Waals surface area (Å²) in [5.74, 6) is -0.523. The molecule has 1 aliphatic heterocycles. The van der Waals surface area contributed by atoms with Crippen molar-refractivity contribution >= 4 is 55.7 Å². The van der Waals surface area contributed by atoms with Gasteiger partial charge in [-0.05, 0) is 66.6 Å². The van der Waals surface area contributed by atoms with Crippen LogP contribution in [0.2, 0.25) is 5.02 Å². The highest BCUT2D eigenvalue weighted by atomic mass is 35.5. The fourth-order valence-corrected chi connectivity index (χ4v) is 5.34. The fraction of sp³-hybridized carbons (Fsp3) is 0.179. The molecule has 188 valence electrons. The van der Waals surface area contributed by atoms with Gasteiger partial charge < -0.3 is 14.6 Å². The molecule has 1 unspecified atom stereocenters. The molecule has 1 aliphatic rings. The van der Waals surface area contributed by atoms with Gasteiger partial charge in [-0.25, -0.2) is 4.98 Å². The second kappa shape index (κ2) is 10.2. The van der Waals surface area contributed by atoms with E-state index in [1.165, 1.54) is 16.2 Å². The maximum atomic E-state index is 13.4. The lowest BCUT2D eigenvalue weighted by atomic mass is 9.95. The number of ketones is 1. The molecular weight excluding hydrogens is 512 g/mol. The van der Waals surface area contributed by atoms with Crippen molar-refractivity contribution in [2.75, 3.05) is 18.6 Å². The molecule has 0 aliphatic carbocycles. The summed E-state index contributed by atoms with van der Waals surface area (Å²) < 4.78 is 11.7. The predicted molar refractivity (Wildman–Crippen MR) is 145 cm³/mol. The van der Waals surface area contributed by atoms with Crippen LogP contribution >= 0.6 is 22.9 Å². The Morgan fingerprint density at radius 1 is 1.05 bits per heavy atom. The number of halogens is 1. The van der Waals surface area contributed by atoms with Crippen LogP contribution in [0.15, 0.2) is 72.3 Å². The molecule has 2 heterocycles. The zero-order valence-corrected chi connectivity index (χ0v) is 21.7. The number of hydrogen-bond acceptors (Lipinski definition) is 7. The number of aliphatic hydroxyl groups is 1. The number of benzene rings is 3. The lowest BCUT2D eigenvalue weighted by Crippen LogP contribution is -2.29. The van der Waals surface area contributed by atoms with Crippen molar-refractivity contribution in [3.63, 3.8) is 0 Å². The van der Waals surface area contributed by atoms with Gasteiger partial charge in [-0.3, -0.25) is 14.5 Å². The van der Waals surface area contributed by atoms with E-state index in [0.29, 0.717) is 44.9 Å². The van der Waals surface area contributed by atoms with E-state index in [1.54, 1.807) is 67.8 Å². The third-order valence-electron chi connectivity index (χ3n) is 6.02. The standard InChI is InChI=1S/C28H23ClN2O5S/c1-3-14-36-19-10-6-17(7-11-19)25(32)23-24(16-4-8-18(29)9-5-16)31(27(34)26(23)33)28-30-21-13-12-20(35-2)15-22(21)37-28/h4-13,15,24,32H,3,14H2,1-2H3. The molecule has 0 radical (unpaired) electrons. The fourth-order valence-electron chi connectivity index (χ4n) is 4.20. The summed E-state index contributed by atoms with van der Waals surface area (Å²) in [4.78, 5) is 32.7. The Balaban J connectivity index is 1.64. The maximum absolute atomic E-state index is 13.4. The van der Waals surface area contributed by atoms with Gasteiger partial charge in [0.25, 0.3) is 5.78 Å². The van der Waals surface area contributed by atoms with E-state index in [0.717, 1.165) is 11.1 Å².